The van der Waals surface area contributed by atoms with Crippen molar-refractivity contribution in [1.82, 2.24) is 14.7 Å². The number of aromatic nitrogens is 2. The number of ether oxygens (including phenoxy) is 1. The largest absolute Gasteiger partial charge is 0.497 e. The van der Waals surface area contributed by atoms with Crippen LogP contribution in [-0.4, -0.2) is 41.8 Å². The second-order valence-electron chi connectivity index (χ2n) is 5.50. The van der Waals surface area contributed by atoms with E-state index in [4.69, 9.17) is 10.5 Å². The molecule has 0 spiro atoms. The van der Waals surface area contributed by atoms with Crippen molar-refractivity contribution < 1.29 is 9.53 Å². The molecule has 1 heterocycles. The Morgan fingerprint density at radius 3 is 2.68 bits per heavy atom. The van der Waals surface area contributed by atoms with E-state index >= 15 is 0 Å². The van der Waals surface area contributed by atoms with Crippen LogP contribution in [0.1, 0.15) is 18.5 Å². The molecule has 1 aromatic heterocycles. The predicted octanol–water partition coefficient (Wildman–Crippen LogP) is 1.67. The van der Waals surface area contributed by atoms with Crippen LogP contribution in [0.4, 0.5) is 0 Å². The maximum absolute atomic E-state index is 11.7. The van der Waals surface area contributed by atoms with Gasteiger partial charge in [0.25, 0.3) is 0 Å². The predicted molar refractivity (Wildman–Crippen MR) is 85.5 cm³/mol. The van der Waals surface area contributed by atoms with Gasteiger partial charge >= 0.3 is 0 Å². The van der Waals surface area contributed by atoms with E-state index in [1.807, 2.05) is 31.3 Å². The van der Waals surface area contributed by atoms with Crippen molar-refractivity contribution in [2.75, 3.05) is 21.2 Å². The van der Waals surface area contributed by atoms with Crippen LogP contribution in [-0.2, 0) is 11.3 Å². The second-order valence-corrected chi connectivity index (χ2v) is 5.50. The van der Waals surface area contributed by atoms with Crippen LogP contribution in [0.2, 0.25) is 0 Å². The van der Waals surface area contributed by atoms with Crippen molar-refractivity contribution in [1.29, 1.82) is 0 Å². The van der Waals surface area contributed by atoms with Crippen molar-refractivity contribution in [2.24, 2.45) is 5.73 Å². The average molecular weight is 302 g/mol. The summed E-state index contributed by atoms with van der Waals surface area (Å²) in [5.74, 6) is 0.749. The fraction of sp³-hybridized carbons (Fsp3) is 0.375. The summed E-state index contributed by atoms with van der Waals surface area (Å²) in [4.78, 5) is 13.3. The number of hydrogen-bond donors (Lipinski definition) is 1. The van der Waals surface area contributed by atoms with Gasteiger partial charge < -0.3 is 15.4 Å². The number of rotatable bonds is 5. The first-order chi connectivity index (χ1) is 10.4. The maximum Gasteiger partial charge on any atom is 0.243 e. The molecular formula is C16H22N4O2. The minimum Gasteiger partial charge on any atom is -0.497 e. The van der Waals surface area contributed by atoms with E-state index < -0.39 is 0 Å². The number of carbonyl (C=O) groups excluding carboxylic acids is 1. The van der Waals surface area contributed by atoms with Gasteiger partial charge in [0, 0.05) is 31.9 Å². The van der Waals surface area contributed by atoms with E-state index in [-0.39, 0.29) is 18.5 Å². The number of amides is 1. The summed E-state index contributed by atoms with van der Waals surface area (Å²) in [5.41, 5.74) is 8.85. The molecule has 0 aliphatic carbocycles. The first-order valence-corrected chi connectivity index (χ1v) is 7.08. The first kappa shape index (κ1) is 16.0. The molecular weight excluding hydrogens is 280 g/mol. The summed E-state index contributed by atoms with van der Waals surface area (Å²) in [5, 5.41) is 4.24. The highest BCUT2D eigenvalue weighted by atomic mass is 16.5. The quantitative estimate of drug-likeness (QED) is 0.911. The highest BCUT2D eigenvalue weighted by Gasteiger charge is 2.10. The Labute approximate surface area is 130 Å². The first-order valence-electron chi connectivity index (χ1n) is 7.08. The highest BCUT2D eigenvalue weighted by Crippen LogP contribution is 2.28. The molecule has 0 radical (unpaired) electrons. The van der Waals surface area contributed by atoms with Crippen molar-refractivity contribution >= 4 is 5.91 Å². The Morgan fingerprint density at radius 1 is 1.36 bits per heavy atom. The van der Waals surface area contributed by atoms with E-state index in [0.717, 1.165) is 22.4 Å². The fourth-order valence-corrected chi connectivity index (χ4v) is 2.05. The average Bonchev–Trinajstić information content (AvgIpc) is 2.95. The van der Waals surface area contributed by atoms with Crippen molar-refractivity contribution in [3.8, 4) is 16.9 Å². The van der Waals surface area contributed by atoms with Crippen molar-refractivity contribution in [3.05, 3.63) is 36.2 Å². The lowest BCUT2D eigenvalue weighted by atomic mass is 10.0. The molecule has 0 saturated carbocycles. The lowest BCUT2D eigenvalue weighted by molar-refractivity contribution is -0.129. The summed E-state index contributed by atoms with van der Waals surface area (Å²) in [6.45, 7) is 2.15. The third-order valence-electron chi connectivity index (χ3n) is 3.45. The highest BCUT2D eigenvalue weighted by molar-refractivity contribution is 5.75. The van der Waals surface area contributed by atoms with Crippen molar-refractivity contribution in [3.63, 3.8) is 0 Å². The molecule has 1 atom stereocenters. The van der Waals surface area contributed by atoms with Crippen LogP contribution in [0.15, 0.2) is 30.6 Å². The van der Waals surface area contributed by atoms with E-state index in [0.29, 0.717) is 0 Å². The van der Waals surface area contributed by atoms with Gasteiger partial charge in [0.2, 0.25) is 5.91 Å². The number of nitrogens with two attached hydrogens (primary N) is 1. The molecule has 2 rings (SSSR count). The van der Waals surface area contributed by atoms with Gasteiger partial charge in [0.05, 0.1) is 13.3 Å². The van der Waals surface area contributed by atoms with Gasteiger partial charge in [-0.2, -0.15) is 5.10 Å². The molecule has 1 aromatic carbocycles. The fourth-order valence-electron chi connectivity index (χ4n) is 2.05. The number of carbonyl (C=O) groups is 1. The zero-order valence-corrected chi connectivity index (χ0v) is 13.4. The zero-order chi connectivity index (χ0) is 16.3. The molecule has 0 saturated heterocycles. The Bertz CT molecular complexity index is 662. The summed E-state index contributed by atoms with van der Waals surface area (Å²) < 4.78 is 6.95. The molecule has 0 bridgehead atoms. The normalized spacial score (nSPS) is 12.0. The van der Waals surface area contributed by atoms with Crippen LogP contribution in [0.5, 0.6) is 5.75 Å². The zero-order valence-electron chi connectivity index (χ0n) is 13.4. The number of methoxy groups -OCH3 is 1. The smallest absolute Gasteiger partial charge is 0.243 e. The minimum absolute atomic E-state index is 0.00318. The van der Waals surface area contributed by atoms with E-state index in [1.165, 1.54) is 0 Å². The standard InChI is InChI=1S/C16H22N4O2/c1-11(17)12-5-13(7-15(6-12)22-4)14-8-18-20(9-14)10-16(21)19(2)3/h5-9,11H,10,17H2,1-4H3/t11-/m1/s1. The van der Waals surface area contributed by atoms with E-state index in [2.05, 4.69) is 5.10 Å². The van der Waals surface area contributed by atoms with Gasteiger partial charge in [-0.1, -0.05) is 0 Å². The lowest BCUT2D eigenvalue weighted by Gasteiger charge is -2.11. The molecule has 6 nitrogen and oxygen atoms in total. The van der Waals surface area contributed by atoms with Crippen LogP contribution < -0.4 is 10.5 Å². The molecule has 0 fully saturated rings. The Morgan fingerprint density at radius 2 is 2.09 bits per heavy atom. The molecule has 1 amide bonds. The molecule has 118 valence electrons. The lowest BCUT2D eigenvalue weighted by Crippen LogP contribution is -2.26. The summed E-state index contributed by atoms with van der Waals surface area (Å²) in [6, 6.07) is 5.79. The third-order valence-corrected chi connectivity index (χ3v) is 3.45. The second kappa shape index (κ2) is 6.62. The number of nitrogens with zero attached hydrogens (tertiary/aromatic N) is 3. The van der Waals surface area contributed by atoms with Crippen molar-refractivity contribution in [2.45, 2.75) is 19.5 Å². The van der Waals surface area contributed by atoms with Gasteiger partial charge in [-0.3, -0.25) is 9.48 Å². The molecule has 6 heteroatoms. The van der Waals surface area contributed by atoms with Gasteiger partial charge in [-0.15, -0.1) is 0 Å². The SMILES string of the molecule is COc1cc(-c2cnn(CC(=O)N(C)C)c2)cc([C@@H](C)N)c1. The van der Waals surface area contributed by atoms with Gasteiger partial charge in [0.1, 0.15) is 12.3 Å². The van der Waals surface area contributed by atoms with Crippen LogP contribution in [0.3, 0.4) is 0 Å². The van der Waals surface area contributed by atoms with E-state index in [9.17, 15) is 4.79 Å². The maximum atomic E-state index is 11.7. The van der Waals surface area contributed by atoms with Crippen LogP contribution >= 0.6 is 0 Å². The molecule has 0 unspecified atom stereocenters. The molecule has 2 aromatic rings. The number of benzene rings is 1. The Balaban J connectivity index is 2.30. The Kier molecular flexibility index (Phi) is 4.82. The topological polar surface area (TPSA) is 73.4 Å². The van der Waals surface area contributed by atoms with Gasteiger partial charge in [-0.05, 0) is 36.2 Å². The van der Waals surface area contributed by atoms with E-state index in [1.54, 1.807) is 37.0 Å². The van der Waals surface area contributed by atoms with Crippen LogP contribution in [0.25, 0.3) is 11.1 Å². The van der Waals surface area contributed by atoms with Gasteiger partial charge in [-0.25, -0.2) is 0 Å². The molecule has 0 aliphatic rings. The molecule has 22 heavy (non-hydrogen) atoms. The molecule has 2 N–H and O–H groups in total. The summed E-state index contributed by atoms with van der Waals surface area (Å²) >= 11 is 0. The summed E-state index contributed by atoms with van der Waals surface area (Å²) in [7, 11) is 5.08. The Hall–Kier alpha value is -2.34. The number of likely N-dealkylation sites (N-methyl/N-ethyl adjacent to an activating group) is 1. The third kappa shape index (κ3) is 3.65. The summed E-state index contributed by atoms with van der Waals surface area (Å²) in [6.07, 6.45) is 3.59. The molecule has 0 aliphatic heterocycles. The monoisotopic (exact) mass is 302 g/mol. The number of hydrogen-bond acceptors (Lipinski definition) is 4. The van der Waals surface area contributed by atoms with Crippen LogP contribution in [0, 0.1) is 0 Å². The minimum atomic E-state index is -0.0841. The van der Waals surface area contributed by atoms with Gasteiger partial charge in [0.15, 0.2) is 0 Å².